The molecule has 0 saturated heterocycles. The van der Waals surface area contributed by atoms with Gasteiger partial charge in [-0.1, -0.05) is 20.3 Å². The highest BCUT2D eigenvalue weighted by Crippen LogP contribution is 2.23. The maximum atomic E-state index is 7.88. The summed E-state index contributed by atoms with van der Waals surface area (Å²) in [6.45, 7) is 7.04. The lowest BCUT2D eigenvalue weighted by Crippen LogP contribution is -2.49. The van der Waals surface area contributed by atoms with Crippen molar-refractivity contribution in [3.05, 3.63) is 11.2 Å². The van der Waals surface area contributed by atoms with Gasteiger partial charge in [-0.2, -0.15) is 0 Å². The lowest BCUT2D eigenvalue weighted by molar-refractivity contribution is -0.798. The Morgan fingerprint density at radius 3 is 2.56 bits per heavy atom. The van der Waals surface area contributed by atoms with Gasteiger partial charge in [0.25, 0.3) is 5.55 Å². The monoisotopic (exact) mass is 252 g/mol. The predicted molar refractivity (Wildman–Crippen MR) is 66.8 cm³/mol. The van der Waals surface area contributed by atoms with E-state index in [1.165, 1.54) is 32.1 Å². The third kappa shape index (κ3) is 2.83. The van der Waals surface area contributed by atoms with Gasteiger partial charge in [0, 0.05) is 12.8 Å². The van der Waals surface area contributed by atoms with Gasteiger partial charge in [-0.25, -0.2) is 4.68 Å². The van der Waals surface area contributed by atoms with Gasteiger partial charge in [0.1, 0.15) is 0 Å². The summed E-state index contributed by atoms with van der Waals surface area (Å²) < 4.78 is 7.06. The molecule has 0 bridgehead atoms. The summed E-state index contributed by atoms with van der Waals surface area (Å²) >= 11 is 0. The van der Waals surface area contributed by atoms with Gasteiger partial charge in [-0.15, -0.1) is 0 Å². The van der Waals surface area contributed by atoms with Crippen molar-refractivity contribution in [2.75, 3.05) is 13.1 Å². The molecule has 1 saturated carbocycles. The molecule has 0 aliphatic heterocycles. The second-order valence-electron chi connectivity index (χ2n) is 5.05. The summed E-state index contributed by atoms with van der Waals surface area (Å²) in [5, 5.41) is 12.0. The van der Waals surface area contributed by atoms with Gasteiger partial charge >= 0.3 is 0 Å². The van der Waals surface area contributed by atoms with E-state index in [-0.39, 0.29) is 5.55 Å². The van der Waals surface area contributed by atoms with Gasteiger partial charge < -0.3 is 4.52 Å². The Bertz CT molecular complexity index is 413. The minimum atomic E-state index is 0.229. The summed E-state index contributed by atoms with van der Waals surface area (Å²) in [7, 11) is 0. The molecule has 1 aliphatic carbocycles. The van der Waals surface area contributed by atoms with Crippen LogP contribution in [-0.4, -0.2) is 18.0 Å². The Balaban J connectivity index is 2.17. The maximum absolute atomic E-state index is 7.88. The van der Waals surface area contributed by atoms with E-state index in [1.54, 1.807) is 0 Å². The molecule has 5 heteroatoms. The number of hydrogen-bond donors (Lipinski definition) is 1. The van der Waals surface area contributed by atoms with Crippen molar-refractivity contribution in [1.29, 1.82) is 5.41 Å². The average molecular weight is 252 g/mol. The van der Waals surface area contributed by atoms with E-state index in [0.717, 1.165) is 25.3 Å². The highest BCUT2D eigenvalue weighted by molar-refractivity contribution is 4.81. The first-order valence-electron chi connectivity index (χ1n) is 7.10. The Kier molecular flexibility index (Phi) is 4.58. The summed E-state index contributed by atoms with van der Waals surface area (Å²) in [5.41, 5.74) is 1.16. The average Bonchev–Trinajstić information content (AvgIpc) is 2.78. The number of rotatable bonds is 5. The first-order chi connectivity index (χ1) is 8.76. The molecule has 0 unspecified atom stereocenters. The van der Waals surface area contributed by atoms with E-state index >= 15 is 0 Å². The molecular formula is C13H24N4O. The van der Waals surface area contributed by atoms with Crippen LogP contribution < -0.4 is 15.5 Å². The molecule has 1 aliphatic rings. The van der Waals surface area contributed by atoms with Crippen LogP contribution in [-0.2, 0) is 6.54 Å². The molecule has 2 rings (SSSR count). The SMILES string of the molecule is CCN(CC)Cc1c(=N)o[n-][n+]1C1CCCCC1. The van der Waals surface area contributed by atoms with E-state index in [2.05, 4.69) is 24.0 Å². The predicted octanol–water partition coefficient (Wildman–Crippen LogP) is 1.35. The Morgan fingerprint density at radius 1 is 1.28 bits per heavy atom. The molecule has 0 amide bonds. The quantitative estimate of drug-likeness (QED) is 0.805. The summed E-state index contributed by atoms with van der Waals surface area (Å²) in [6.07, 6.45) is 6.20. The van der Waals surface area contributed by atoms with Crippen LogP contribution in [0, 0.1) is 5.41 Å². The van der Waals surface area contributed by atoms with Crippen LogP contribution in [0.3, 0.4) is 0 Å². The zero-order valence-corrected chi connectivity index (χ0v) is 11.5. The Hall–Kier alpha value is -1.10. The highest BCUT2D eigenvalue weighted by atomic mass is 16.5. The van der Waals surface area contributed by atoms with E-state index in [1.807, 2.05) is 4.68 Å². The Morgan fingerprint density at radius 2 is 1.94 bits per heavy atom. The van der Waals surface area contributed by atoms with Crippen LogP contribution in [0.1, 0.15) is 57.7 Å². The summed E-state index contributed by atoms with van der Waals surface area (Å²) in [5.74, 6) is 0. The first kappa shape index (κ1) is 13.3. The van der Waals surface area contributed by atoms with Gasteiger partial charge in [-0.05, 0) is 25.9 Å². The molecular weight excluding hydrogens is 228 g/mol. The van der Waals surface area contributed by atoms with Crippen molar-refractivity contribution in [2.24, 2.45) is 0 Å². The molecule has 1 N–H and O–H groups in total. The molecule has 5 nitrogen and oxygen atoms in total. The van der Waals surface area contributed by atoms with Crippen LogP contribution in [0.15, 0.2) is 4.52 Å². The second kappa shape index (κ2) is 6.18. The fourth-order valence-corrected chi connectivity index (χ4v) is 2.71. The zero-order chi connectivity index (χ0) is 13.0. The van der Waals surface area contributed by atoms with Gasteiger partial charge in [-0.3, -0.25) is 15.6 Å². The van der Waals surface area contributed by atoms with Crippen molar-refractivity contribution < 1.29 is 9.20 Å². The van der Waals surface area contributed by atoms with Crippen molar-refractivity contribution in [3.63, 3.8) is 0 Å². The van der Waals surface area contributed by atoms with Gasteiger partial charge in [0.2, 0.25) is 5.69 Å². The van der Waals surface area contributed by atoms with Crippen LogP contribution in [0.5, 0.6) is 0 Å². The van der Waals surface area contributed by atoms with Crippen LogP contribution >= 0.6 is 0 Å². The number of nitrogens with zero attached hydrogens (tertiary/aromatic N) is 3. The zero-order valence-electron chi connectivity index (χ0n) is 11.5. The van der Waals surface area contributed by atoms with Crippen LogP contribution in [0.2, 0.25) is 0 Å². The smallest absolute Gasteiger partial charge is 0.269 e. The number of nitrogens with one attached hydrogen (secondary N) is 1. The lowest BCUT2D eigenvalue weighted by atomic mass is 9.95. The summed E-state index contributed by atoms with van der Waals surface area (Å²) in [6, 6.07) is 0.437. The standard InChI is InChI=1S/C13H24N4O/c1-3-16(4-2)10-12-13(14)18-15-17(12)11-8-6-5-7-9-11/h11,14H,3-10H2,1-2H3. The van der Waals surface area contributed by atoms with E-state index in [0.29, 0.717) is 6.04 Å². The normalized spacial score (nSPS) is 17.5. The molecule has 1 fully saturated rings. The molecule has 102 valence electrons. The molecule has 1 aromatic heterocycles. The Labute approximate surface area is 108 Å². The van der Waals surface area contributed by atoms with E-state index in [4.69, 9.17) is 9.93 Å². The largest absolute Gasteiger partial charge is 0.487 e. The number of hydrogen-bond acceptors (Lipinski definition) is 3. The summed E-state index contributed by atoms with van der Waals surface area (Å²) in [4.78, 5) is 2.30. The third-order valence-electron chi connectivity index (χ3n) is 3.95. The molecule has 1 aromatic rings. The van der Waals surface area contributed by atoms with E-state index in [9.17, 15) is 0 Å². The van der Waals surface area contributed by atoms with Crippen molar-refractivity contribution >= 4 is 0 Å². The van der Waals surface area contributed by atoms with Crippen molar-refractivity contribution in [2.45, 2.75) is 58.5 Å². The number of aromatic nitrogens is 2. The molecule has 0 radical (unpaired) electrons. The molecule has 18 heavy (non-hydrogen) atoms. The highest BCUT2D eigenvalue weighted by Gasteiger charge is 2.25. The lowest BCUT2D eigenvalue weighted by Gasteiger charge is -2.21. The molecule has 1 heterocycles. The molecule has 0 spiro atoms. The maximum Gasteiger partial charge on any atom is 0.269 e. The fraction of sp³-hybridized carbons (Fsp3) is 0.846. The van der Waals surface area contributed by atoms with Crippen LogP contribution in [0.25, 0.3) is 0 Å². The fourth-order valence-electron chi connectivity index (χ4n) is 2.71. The van der Waals surface area contributed by atoms with Gasteiger partial charge in [0.05, 0.1) is 6.54 Å². The first-order valence-corrected chi connectivity index (χ1v) is 7.10. The van der Waals surface area contributed by atoms with Crippen LogP contribution in [0.4, 0.5) is 0 Å². The van der Waals surface area contributed by atoms with Crippen molar-refractivity contribution in [1.82, 2.24) is 10.2 Å². The molecule has 0 atom stereocenters. The minimum absolute atomic E-state index is 0.229. The topological polar surface area (TPSA) is 58.2 Å². The third-order valence-corrected chi connectivity index (χ3v) is 3.95. The second-order valence-corrected chi connectivity index (χ2v) is 5.05. The van der Waals surface area contributed by atoms with Gasteiger partial charge in [0.15, 0.2) is 6.04 Å². The van der Waals surface area contributed by atoms with Crippen molar-refractivity contribution in [3.8, 4) is 0 Å². The minimum Gasteiger partial charge on any atom is -0.487 e. The van der Waals surface area contributed by atoms with E-state index < -0.39 is 0 Å². The molecule has 0 aromatic carbocycles.